The quantitative estimate of drug-likeness (QED) is 0.513. The van der Waals surface area contributed by atoms with Crippen molar-refractivity contribution in [2.24, 2.45) is 0 Å². The van der Waals surface area contributed by atoms with Crippen LogP contribution in [0.3, 0.4) is 0 Å². The fraction of sp³-hybridized carbons (Fsp3) is 0.200. The zero-order chi connectivity index (χ0) is 22.5. The van der Waals surface area contributed by atoms with E-state index in [1.54, 1.807) is 0 Å². The van der Waals surface area contributed by atoms with Crippen LogP contribution in [0.15, 0.2) is 50.5 Å². The van der Waals surface area contributed by atoms with Crippen molar-refractivity contribution < 1.29 is 27.2 Å². The molecule has 1 aliphatic rings. The third-order valence-electron chi connectivity index (χ3n) is 4.96. The van der Waals surface area contributed by atoms with Gasteiger partial charge >= 0.3 is 11.9 Å². The molecule has 0 radical (unpaired) electrons. The molecular formula is C20H13F3N4O5. The van der Waals surface area contributed by atoms with E-state index in [-0.39, 0.29) is 36.9 Å². The maximum Gasteiger partial charge on any atom is 0.416 e. The molecule has 3 heterocycles. The lowest BCUT2D eigenvalue weighted by atomic mass is 10.1. The van der Waals surface area contributed by atoms with Gasteiger partial charge in [0.1, 0.15) is 0 Å². The van der Waals surface area contributed by atoms with Gasteiger partial charge in [-0.1, -0.05) is 17.3 Å². The monoisotopic (exact) mass is 446 g/mol. The molecule has 164 valence electrons. The van der Waals surface area contributed by atoms with Crippen LogP contribution >= 0.6 is 0 Å². The van der Waals surface area contributed by atoms with Crippen LogP contribution in [0.25, 0.3) is 22.3 Å². The van der Waals surface area contributed by atoms with Gasteiger partial charge in [0.2, 0.25) is 18.5 Å². The maximum absolute atomic E-state index is 12.8. The first-order valence-corrected chi connectivity index (χ1v) is 9.36. The first-order valence-electron chi connectivity index (χ1n) is 9.36. The molecule has 0 bridgehead atoms. The molecule has 0 amide bonds. The van der Waals surface area contributed by atoms with Gasteiger partial charge in [0.15, 0.2) is 11.5 Å². The molecule has 1 N–H and O–H groups in total. The second-order valence-corrected chi connectivity index (χ2v) is 6.97. The molecule has 2 aromatic carbocycles. The average molecular weight is 446 g/mol. The number of hydrogen-bond acceptors (Lipinski definition) is 7. The van der Waals surface area contributed by atoms with E-state index in [1.807, 2.05) is 0 Å². The molecular weight excluding hydrogens is 433 g/mol. The molecule has 0 saturated carbocycles. The highest BCUT2D eigenvalue weighted by atomic mass is 19.4. The normalized spacial score (nSPS) is 13.1. The van der Waals surface area contributed by atoms with Gasteiger partial charge < -0.3 is 19.0 Å². The molecule has 0 unspecified atom stereocenters. The SMILES string of the molecule is O=c1[nH]c2cc3c(cc2c(=O)n1CCc1nc(-c2ccc(C(F)(F)F)cc2)no1)OCO3. The smallest absolute Gasteiger partial charge is 0.416 e. The van der Waals surface area contributed by atoms with E-state index in [1.165, 1.54) is 24.3 Å². The van der Waals surface area contributed by atoms with E-state index in [0.717, 1.165) is 16.7 Å². The number of benzene rings is 2. The Labute approximate surface area is 176 Å². The largest absolute Gasteiger partial charge is 0.454 e. The second kappa shape index (κ2) is 7.25. The van der Waals surface area contributed by atoms with E-state index in [9.17, 15) is 22.8 Å². The highest BCUT2D eigenvalue weighted by molar-refractivity contribution is 5.81. The first-order chi connectivity index (χ1) is 15.3. The maximum atomic E-state index is 12.8. The van der Waals surface area contributed by atoms with Gasteiger partial charge in [-0.3, -0.25) is 9.36 Å². The fourth-order valence-corrected chi connectivity index (χ4v) is 3.34. The number of ether oxygens (including phenoxy) is 2. The summed E-state index contributed by atoms with van der Waals surface area (Å²) in [7, 11) is 0. The lowest BCUT2D eigenvalue weighted by Gasteiger charge is -2.06. The van der Waals surface area contributed by atoms with Crippen LogP contribution in [-0.2, 0) is 19.1 Å². The van der Waals surface area contributed by atoms with Crippen molar-refractivity contribution in [2.75, 3.05) is 6.79 Å². The van der Waals surface area contributed by atoms with Gasteiger partial charge in [0, 0.05) is 24.6 Å². The van der Waals surface area contributed by atoms with Crippen molar-refractivity contribution in [3.05, 3.63) is 68.7 Å². The van der Waals surface area contributed by atoms with Crippen molar-refractivity contribution in [2.45, 2.75) is 19.1 Å². The minimum absolute atomic E-state index is 0.0303. The molecule has 2 aromatic heterocycles. The van der Waals surface area contributed by atoms with Crippen LogP contribution in [0, 0.1) is 0 Å². The Balaban J connectivity index is 1.37. The van der Waals surface area contributed by atoms with Crippen molar-refractivity contribution in [1.29, 1.82) is 0 Å². The fourth-order valence-electron chi connectivity index (χ4n) is 3.34. The highest BCUT2D eigenvalue weighted by Gasteiger charge is 2.30. The van der Waals surface area contributed by atoms with Crippen molar-refractivity contribution in [3.8, 4) is 22.9 Å². The van der Waals surface area contributed by atoms with Gasteiger partial charge in [-0.2, -0.15) is 18.2 Å². The lowest BCUT2D eigenvalue weighted by molar-refractivity contribution is -0.137. The number of aryl methyl sites for hydroxylation is 1. The summed E-state index contributed by atoms with van der Waals surface area (Å²) in [6.45, 7) is -0.0182. The van der Waals surface area contributed by atoms with Crippen LogP contribution in [0.5, 0.6) is 11.5 Å². The number of hydrogen-bond donors (Lipinski definition) is 1. The first kappa shape index (κ1) is 19.8. The lowest BCUT2D eigenvalue weighted by Crippen LogP contribution is -2.35. The highest BCUT2D eigenvalue weighted by Crippen LogP contribution is 2.34. The van der Waals surface area contributed by atoms with Crippen molar-refractivity contribution in [1.82, 2.24) is 19.7 Å². The van der Waals surface area contributed by atoms with E-state index < -0.39 is 23.0 Å². The summed E-state index contributed by atoms with van der Waals surface area (Å²) in [6.07, 6.45) is -4.38. The number of fused-ring (bicyclic) bond motifs is 2. The minimum atomic E-state index is -4.44. The van der Waals surface area contributed by atoms with Crippen LogP contribution in [0.4, 0.5) is 13.2 Å². The Kier molecular flexibility index (Phi) is 4.50. The zero-order valence-corrected chi connectivity index (χ0v) is 16.1. The second-order valence-electron chi connectivity index (χ2n) is 6.97. The van der Waals surface area contributed by atoms with E-state index in [4.69, 9.17) is 14.0 Å². The Bertz CT molecular complexity index is 1440. The predicted octanol–water partition coefficient (Wildman–Crippen LogP) is 2.73. The molecule has 0 saturated heterocycles. The van der Waals surface area contributed by atoms with Crippen molar-refractivity contribution >= 4 is 10.9 Å². The third-order valence-corrected chi connectivity index (χ3v) is 4.96. The van der Waals surface area contributed by atoms with Crippen LogP contribution in [0.1, 0.15) is 11.5 Å². The average Bonchev–Trinajstić information content (AvgIpc) is 3.41. The topological polar surface area (TPSA) is 112 Å². The van der Waals surface area contributed by atoms with Gasteiger partial charge in [-0.15, -0.1) is 0 Å². The van der Waals surface area contributed by atoms with Gasteiger partial charge in [0.05, 0.1) is 16.5 Å². The molecule has 0 spiro atoms. The van der Waals surface area contributed by atoms with Crippen LogP contribution < -0.4 is 20.7 Å². The number of nitrogens with one attached hydrogen (secondary N) is 1. The van der Waals surface area contributed by atoms with Crippen LogP contribution in [-0.4, -0.2) is 26.5 Å². The zero-order valence-electron chi connectivity index (χ0n) is 16.1. The summed E-state index contributed by atoms with van der Waals surface area (Å²) in [6, 6.07) is 7.34. The van der Waals surface area contributed by atoms with Gasteiger partial charge in [-0.05, 0) is 18.2 Å². The Morgan fingerprint density at radius 1 is 1.06 bits per heavy atom. The Morgan fingerprint density at radius 2 is 1.78 bits per heavy atom. The molecule has 0 fully saturated rings. The predicted molar refractivity (Wildman–Crippen MR) is 103 cm³/mol. The molecule has 9 nitrogen and oxygen atoms in total. The van der Waals surface area contributed by atoms with E-state index in [0.29, 0.717) is 22.6 Å². The summed E-state index contributed by atoms with van der Waals surface area (Å²) in [5, 5.41) is 4.01. The molecule has 4 aromatic rings. The number of halogens is 3. The number of alkyl halides is 3. The minimum Gasteiger partial charge on any atom is -0.454 e. The Morgan fingerprint density at radius 3 is 2.50 bits per heavy atom. The van der Waals surface area contributed by atoms with Gasteiger partial charge in [-0.25, -0.2) is 4.79 Å². The van der Waals surface area contributed by atoms with Gasteiger partial charge in [0.25, 0.3) is 5.56 Å². The molecule has 0 atom stereocenters. The molecule has 0 aliphatic carbocycles. The van der Waals surface area contributed by atoms with E-state index in [2.05, 4.69) is 15.1 Å². The molecule has 1 aliphatic heterocycles. The number of aromatic nitrogens is 4. The molecule has 12 heteroatoms. The summed E-state index contributed by atoms with van der Waals surface area (Å²) < 4.78 is 54.7. The summed E-state index contributed by atoms with van der Waals surface area (Å²) in [5.41, 5.74) is -1.27. The van der Waals surface area contributed by atoms with Crippen LogP contribution in [0.2, 0.25) is 0 Å². The summed E-state index contributed by atoms with van der Waals surface area (Å²) in [5.74, 6) is 1.07. The third kappa shape index (κ3) is 3.49. The molecule has 5 rings (SSSR count). The molecule has 32 heavy (non-hydrogen) atoms. The van der Waals surface area contributed by atoms with Crippen molar-refractivity contribution in [3.63, 3.8) is 0 Å². The standard InChI is InChI=1S/C20H13F3N4O5/c21-20(22,23)11-3-1-10(2-4-11)17-25-16(32-26-17)5-6-27-18(28)12-7-14-15(31-9-30-14)8-13(12)24-19(27)29/h1-4,7-8H,5-6,9H2,(H,24,29). The number of rotatable bonds is 4. The number of aromatic amines is 1. The summed E-state index contributed by atoms with van der Waals surface area (Å²) >= 11 is 0. The van der Waals surface area contributed by atoms with E-state index >= 15 is 0 Å². The number of nitrogens with zero attached hydrogens (tertiary/aromatic N) is 3. The summed E-state index contributed by atoms with van der Waals surface area (Å²) in [4.78, 5) is 31.9. The number of H-pyrrole nitrogens is 1. The Hall–Kier alpha value is -4.09.